The molecule has 0 aliphatic heterocycles. The third-order valence-corrected chi connectivity index (χ3v) is 3.22. The Morgan fingerprint density at radius 1 is 1.24 bits per heavy atom. The molecule has 112 valence electrons. The Morgan fingerprint density at radius 2 is 1.95 bits per heavy atom. The smallest absolute Gasteiger partial charge is 0.399 e. The van der Waals surface area contributed by atoms with Crippen LogP contribution >= 0.6 is 0 Å². The monoisotopic (exact) mass is 296 g/mol. The molecule has 2 aromatic rings. The molecule has 0 bridgehead atoms. The number of hydrogen-bond donors (Lipinski definition) is 1. The van der Waals surface area contributed by atoms with E-state index in [1.54, 1.807) is 30.1 Å². The third-order valence-electron chi connectivity index (χ3n) is 3.22. The van der Waals surface area contributed by atoms with Crippen molar-refractivity contribution < 1.29 is 13.2 Å². The zero-order valence-electron chi connectivity index (χ0n) is 11.6. The van der Waals surface area contributed by atoms with Gasteiger partial charge >= 0.3 is 6.18 Å². The van der Waals surface area contributed by atoms with Gasteiger partial charge in [0.15, 0.2) is 0 Å². The van der Waals surface area contributed by atoms with Crippen LogP contribution in [0.4, 0.5) is 24.8 Å². The summed E-state index contributed by atoms with van der Waals surface area (Å²) < 4.78 is 38.0. The topological polar surface area (TPSA) is 55.0 Å². The first-order valence-corrected chi connectivity index (χ1v) is 6.27. The van der Waals surface area contributed by atoms with E-state index in [0.29, 0.717) is 5.69 Å². The molecule has 0 aliphatic rings. The molecule has 0 spiro atoms. The highest BCUT2D eigenvalue weighted by molar-refractivity contribution is 5.44. The minimum atomic E-state index is -4.49. The van der Waals surface area contributed by atoms with Gasteiger partial charge < -0.3 is 10.6 Å². The SMILES string of the molecule is CC(c1cccc(N)c1)N(C)c1nccc(C(F)(F)F)n1. The number of hydrogen-bond acceptors (Lipinski definition) is 4. The van der Waals surface area contributed by atoms with E-state index in [1.807, 2.05) is 13.0 Å². The molecule has 0 aliphatic carbocycles. The zero-order valence-corrected chi connectivity index (χ0v) is 11.6. The van der Waals surface area contributed by atoms with Crippen molar-refractivity contribution in [1.29, 1.82) is 0 Å². The molecule has 0 radical (unpaired) electrons. The average molecular weight is 296 g/mol. The predicted molar refractivity (Wildman–Crippen MR) is 74.7 cm³/mol. The van der Waals surface area contributed by atoms with Crippen LogP contribution in [0.5, 0.6) is 0 Å². The van der Waals surface area contributed by atoms with Crippen molar-refractivity contribution in [2.45, 2.75) is 19.1 Å². The summed E-state index contributed by atoms with van der Waals surface area (Å²) in [6, 6.07) is 7.80. The molecule has 7 heteroatoms. The number of rotatable bonds is 3. The van der Waals surface area contributed by atoms with Gasteiger partial charge in [-0.25, -0.2) is 9.97 Å². The molecule has 1 aromatic heterocycles. The summed E-state index contributed by atoms with van der Waals surface area (Å²) in [5.74, 6) is 0.0137. The van der Waals surface area contributed by atoms with Crippen LogP contribution in [0.1, 0.15) is 24.2 Å². The van der Waals surface area contributed by atoms with Crippen LogP contribution < -0.4 is 10.6 Å². The lowest BCUT2D eigenvalue weighted by atomic mass is 10.1. The molecule has 0 saturated heterocycles. The van der Waals surface area contributed by atoms with Gasteiger partial charge in [0.1, 0.15) is 5.69 Å². The zero-order chi connectivity index (χ0) is 15.6. The van der Waals surface area contributed by atoms with Gasteiger partial charge in [-0.2, -0.15) is 13.2 Å². The van der Waals surface area contributed by atoms with Gasteiger partial charge in [-0.3, -0.25) is 0 Å². The van der Waals surface area contributed by atoms with Crippen LogP contribution in [-0.4, -0.2) is 17.0 Å². The summed E-state index contributed by atoms with van der Waals surface area (Å²) in [6.07, 6.45) is -3.38. The number of alkyl halides is 3. The Hall–Kier alpha value is -2.31. The second kappa shape index (κ2) is 5.59. The van der Waals surface area contributed by atoms with Crippen molar-refractivity contribution in [2.24, 2.45) is 0 Å². The first kappa shape index (κ1) is 15.1. The highest BCUT2D eigenvalue weighted by Crippen LogP contribution is 2.29. The number of nitrogens with two attached hydrogens (primary N) is 1. The van der Waals surface area contributed by atoms with Gasteiger partial charge in [0.2, 0.25) is 5.95 Å². The Morgan fingerprint density at radius 3 is 2.57 bits per heavy atom. The first-order chi connectivity index (χ1) is 9.79. The van der Waals surface area contributed by atoms with Gasteiger partial charge in [0.05, 0.1) is 6.04 Å². The molecule has 0 fully saturated rings. The van der Waals surface area contributed by atoms with Crippen molar-refractivity contribution >= 4 is 11.6 Å². The summed E-state index contributed by atoms with van der Waals surface area (Å²) in [4.78, 5) is 9.05. The van der Waals surface area contributed by atoms with Crippen molar-refractivity contribution in [2.75, 3.05) is 17.7 Å². The summed E-state index contributed by atoms with van der Waals surface area (Å²) in [5.41, 5.74) is 6.23. The Labute approximate surface area is 120 Å². The molecule has 2 N–H and O–H groups in total. The predicted octanol–water partition coefficient (Wildman–Crippen LogP) is 3.28. The fourth-order valence-corrected chi connectivity index (χ4v) is 1.89. The second-order valence-electron chi connectivity index (χ2n) is 4.70. The maximum Gasteiger partial charge on any atom is 0.433 e. The van der Waals surface area contributed by atoms with Crippen LogP contribution in [0.15, 0.2) is 36.5 Å². The summed E-state index contributed by atoms with van der Waals surface area (Å²) in [6.45, 7) is 1.85. The fraction of sp³-hybridized carbons (Fsp3) is 0.286. The van der Waals surface area contributed by atoms with E-state index in [9.17, 15) is 13.2 Å². The van der Waals surface area contributed by atoms with Gasteiger partial charge in [-0.15, -0.1) is 0 Å². The molecule has 1 aromatic carbocycles. The van der Waals surface area contributed by atoms with Crippen molar-refractivity contribution in [3.8, 4) is 0 Å². The maximum atomic E-state index is 12.7. The molecule has 1 heterocycles. The van der Waals surface area contributed by atoms with Crippen LogP contribution in [0, 0.1) is 0 Å². The van der Waals surface area contributed by atoms with E-state index in [4.69, 9.17) is 5.73 Å². The molecular formula is C14H15F3N4. The highest BCUT2D eigenvalue weighted by Gasteiger charge is 2.33. The maximum absolute atomic E-state index is 12.7. The molecule has 21 heavy (non-hydrogen) atoms. The number of aromatic nitrogens is 2. The molecule has 4 nitrogen and oxygen atoms in total. The molecule has 2 rings (SSSR count). The summed E-state index contributed by atoms with van der Waals surface area (Å²) in [7, 11) is 1.64. The van der Waals surface area contributed by atoms with Gasteiger partial charge in [-0.1, -0.05) is 12.1 Å². The Kier molecular flexibility index (Phi) is 4.02. The number of benzene rings is 1. The van der Waals surface area contributed by atoms with Crippen LogP contribution in [0.25, 0.3) is 0 Å². The summed E-state index contributed by atoms with van der Waals surface area (Å²) in [5, 5.41) is 0. The molecule has 0 saturated carbocycles. The number of halogens is 3. The van der Waals surface area contributed by atoms with E-state index in [0.717, 1.165) is 17.8 Å². The van der Waals surface area contributed by atoms with E-state index >= 15 is 0 Å². The number of anilines is 2. The van der Waals surface area contributed by atoms with E-state index in [1.165, 1.54) is 0 Å². The molecule has 1 unspecified atom stereocenters. The van der Waals surface area contributed by atoms with Crippen LogP contribution in [-0.2, 0) is 6.18 Å². The van der Waals surface area contributed by atoms with Crippen molar-refractivity contribution in [3.05, 3.63) is 47.8 Å². The lowest BCUT2D eigenvalue weighted by Crippen LogP contribution is -2.25. The highest BCUT2D eigenvalue weighted by atomic mass is 19.4. The quantitative estimate of drug-likeness (QED) is 0.883. The van der Waals surface area contributed by atoms with E-state index in [2.05, 4.69) is 9.97 Å². The molecular weight excluding hydrogens is 281 g/mol. The summed E-state index contributed by atoms with van der Waals surface area (Å²) >= 11 is 0. The number of nitrogen functional groups attached to an aromatic ring is 1. The largest absolute Gasteiger partial charge is 0.433 e. The standard InChI is InChI=1S/C14H15F3N4/c1-9(10-4-3-5-11(18)8-10)21(2)13-19-7-6-12(20-13)14(15,16)17/h3-9H,18H2,1-2H3. The third kappa shape index (κ3) is 3.42. The lowest BCUT2D eigenvalue weighted by molar-refractivity contribution is -0.141. The van der Waals surface area contributed by atoms with Crippen LogP contribution in [0.3, 0.4) is 0 Å². The number of nitrogens with zero attached hydrogens (tertiary/aromatic N) is 3. The molecule has 0 amide bonds. The van der Waals surface area contributed by atoms with E-state index < -0.39 is 11.9 Å². The van der Waals surface area contributed by atoms with Crippen molar-refractivity contribution in [3.63, 3.8) is 0 Å². The fourth-order valence-electron chi connectivity index (χ4n) is 1.89. The van der Waals surface area contributed by atoms with Gasteiger partial charge in [0.25, 0.3) is 0 Å². The Bertz CT molecular complexity index is 628. The van der Waals surface area contributed by atoms with Crippen LogP contribution in [0.2, 0.25) is 0 Å². The Balaban J connectivity index is 2.29. The molecule has 1 atom stereocenters. The average Bonchev–Trinajstić information content (AvgIpc) is 2.45. The lowest BCUT2D eigenvalue weighted by Gasteiger charge is -2.25. The van der Waals surface area contributed by atoms with E-state index in [-0.39, 0.29) is 12.0 Å². The van der Waals surface area contributed by atoms with Gasteiger partial charge in [-0.05, 0) is 30.7 Å². The van der Waals surface area contributed by atoms with Crippen molar-refractivity contribution in [1.82, 2.24) is 9.97 Å². The minimum absolute atomic E-state index is 0.0137. The minimum Gasteiger partial charge on any atom is -0.399 e. The first-order valence-electron chi connectivity index (χ1n) is 6.27. The van der Waals surface area contributed by atoms with Gasteiger partial charge in [0, 0.05) is 18.9 Å². The normalized spacial score (nSPS) is 13.0. The second-order valence-corrected chi connectivity index (χ2v) is 4.70.